The zero-order valence-corrected chi connectivity index (χ0v) is 21.1. The summed E-state index contributed by atoms with van der Waals surface area (Å²) < 4.78 is 7.18. The van der Waals surface area contributed by atoms with Crippen molar-refractivity contribution < 1.29 is 19.4 Å². The summed E-state index contributed by atoms with van der Waals surface area (Å²) in [4.78, 5) is 24.4. The molecule has 0 saturated carbocycles. The minimum absolute atomic E-state index is 0.391. The van der Waals surface area contributed by atoms with Gasteiger partial charge in [-0.05, 0) is 60.1 Å². The number of hydrogen-bond acceptors (Lipinski definition) is 4. The molecule has 4 aromatic rings. The Kier molecular flexibility index (Phi) is 6.29. The first kappa shape index (κ1) is 24.3. The van der Waals surface area contributed by atoms with Gasteiger partial charge in [0.1, 0.15) is 11.9 Å². The van der Waals surface area contributed by atoms with Crippen LogP contribution in [0.25, 0.3) is 22.3 Å². The first-order valence-electron chi connectivity index (χ1n) is 12.3. The van der Waals surface area contributed by atoms with Crippen LogP contribution in [0.2, 0.25) is 0 Å². The van der Waals surface area contributed by atoms with Gasteiger partial charge in [-0.25, -0.2) is 4.79 Å². The van der Waals surface area contributed by atoms with Crippen LogP contribution >= 0.6 is 0 Å². The van der Waals surface area contributed by atoms with E-state index in [0.717, 1.165) is 45.4 Å². The molecule has 1 heterocycles. The lowest BCUT2D eigenvalue weighted by Crippen LogP contribution is -2.29. The predicted molar refractivity (Wildman–Crippen MR) is 142 cm³/mol. The fourth-order valence-corrected chi connectivity index (χ4v) is 4.98. The number of aliphatic carboxylic acids is 1. The van der Waals surface area contributed by atoms with Gasteiger partial charge < -0.3 is 9.84 Å². The fourth-order valence-electron chi connectivity index (χ4n) is 4.98. The normalized spacial score (nSPS) is 17.2. The van der Waals surface area contributed by atoms with Crippen molar-refractivity contribution in [2.75, 3.05) is 5.32 Å². The van der Waals surface area contributed by atoms with E-state index < -0.39 is 23.6 Å². The van der Waals surface area contributed by atoms with E-state index in [9.17, 15) is 14.7 Å². The Morgan fingerprint density at radius 2 is 1.70 bits per heavy atom. The minimum Gasteiger partial charge on any atom is -0.481 e. The lowest BCUT2D eigenvalue weighted by Gasteiger charge is -2.19. The molecule has 7 heteroatoms. The van der Waals surface area contributed by atoms with Gasteiger partial charge in [0.2, 0.25) is 0 Å². The Morgan fingerprint density at radius 1 is 1.03 bits per heavy atom. The summed E-state index contributed by atoms with van der Waals surface area (Å²) >= 11 is 0. The van der Waals surface area contributed by atoms with Crippen LogP contribution < -0.4 is 5.32 Å². The average molecular weight is 496 g/mol. The third-order valence-corrected chi connectivity index (χ3v) is 7.31. The van der Waals surface area contributed by atoms with Crippen LogP contribution in [0.3, 0.4) is 0 Å². The van der Waals surface area contributed by atoms with E-state index in [1.807, 2.05) is 73.7 Å². The molecule has 1 aromatic heterocycles. The number of fused-ring (bicyclic) bond motifs is 1. The monoisotopic (exact) mass is 495 g/mol. The van der Waals surface area contributed by atoms with Gasteiger partial charge in [-0.2, -0.15) is 5.10 Å². The molecule has 1 amide bonds. The molecule has 0 saturated heterocycles. The second-order valence-electron chi connectivity index (χ2n) is 9.70. The number of nitrogens with one attached hydrogen (secondary N) is 1. The zero-order valence-electron chi connectivity index (χ0n) is 21.1. The summed E-state index contributed by atoms with van der Waals surface area (Å²) in [5.41, 5.74) is 5.85. The lowest BCUT2D eigenvalue weighted by atomic mass is 9.84. The number of ether oxygens (including phenoxy) is 1. The van der Waals surface area contributed by atoms with Crippen molar-refractivity contribution >= 4 is 17.9 Å². The molecule has 0 fully saturated rings. The number of nitrogens with zero attached hydrogens (tertiary/aromatic N) is 2. The number of carbonyl (C=O) groups excluding carboxylic acids is 1. The van der Waals surface area contributed by atoms with Gasteiger partial charge in [0.05, 0.1) is 11.6 Å². The number of carbonyl (C=O) groups is 2. The highest BCUT2D eigenvalue weighted by atomic mass is 16.6. The summed E-state index contributed by atoms with van der Waals surface area (Å²) in [5, 5.41) is 16.8. The molecule has 2 atom stereocenters. The van der Waals surface area contributed by atoms with Crippen molar-refractivity contribution in [3.05, 3.63) is 95.7 Å². The van der Waals surface area contributed by atoms with Crippen molar-refractivity contribution in [2.24, 2.45) is 7.05 Å². The van der Waals surface area contributed by atoms with E-state index in [-0.39, 0.29) is 0 Å². The summed E-state index contributed by atoms with van der Waals surface area (Å²) in [6.45, 7) is 3.63. The van der Waals surface area contributed by atoms with E-state index in [1.165, 1.54) is 0 Å². The van der Waals surface area contributed by atoms with Crippen molar-refractivity contribution in [1.82, 2.24) is 9.78 Å². The Hall–Kier alpha value is -4.39. The van der Waals surface area contributed by atoms with Gasteiger partial charge in [0.15, 0.2) is 0 Å². The summed E-state index contributed by atoms with van der Waals surface area (Å²) in [5.74, 6) is -0.230. The highest BCUT2D eigenvalue weighted by Gasteiger charge is 2.41. The van der Waals surface area contributed by atoms with Gasteiger partial charge in [0, 0.05) is 12.6 Å². The Balaban J connectivity index is 1.33. The van der Waals surface area contributed by atoms with Crippen LogP contribution in [-0.4, -0.2) is 26.9 Å². The van der Waals surface area contributed by atoms with Gasteiger partial charge in [0.25, 0.3) is 0 Å². The third kappa shape index (κ3) is 4.60. The van der Waals surface area contributed by atoms with Crippen LogP contribution in [0.4, 0.5) is 10.6 Å². The van der Waals surface area contributed by atoms with E-state index in [0.29, 0.717) is 12.2 Å². The van der Waals surface area contributed by atoms with Gasteiger partial charge in [-0.15, -0.1) is 0 Å². The molecule has 0 spiro atoms. The number of amides is 1. The molecule has 1 aliphatic rings. The number of rotatable bonds is 6. The first-order valence-corrected chi connectivity index (χ1v) is 12.3. The predicted octanol–water partition coefficient (Wildman–Crippen LogP) is 6.35. The van der Waals surface area contributed by atoms with Gasteiger partial charge in [-0.3, -0.25) is 14.8 Å². The molecule has 0 radical (unpaired) electrons. The third-order valence-electron chi connectivity index (χ3n) is 7.31. The molecular formula is C30H29N3O4. The standard InChI is InChI=1S/C30H29N3O4/c1-19(20-7-5-4-6-8-20)37-29(36)32-27-25(18-31-33(27)3)22-11-9-21(10-12-22)23-13-14-26-24(17-23)15-16-30(26,2)28(34)35/h4-14,17-19H,15-16H2,1-3H3,(H,32,36)(H,34,35). The van der Waals surface area contributed by atoms with Crippen LogP contribution in [0, 0.1) is 0 Å². The molecule has 2 N–H and O–H groups in total. The SMILES string of the molecule is CC(OC(=O)Nc1c(-c2ccc(-c3ccc4c(c3)CCC4(C)C(=O)O)cc2)cnn1C)c1ccccc1. The van der Waals surface area contributed by atoms with E-state index in [4.69, 9.17) is 4.74 Å². The maximum Gasteiger partial charge on any atom is 0.413 e. The number of hydrogen-bond donors (Lipinski definition) is 2. The maximum atomic E-state index is 12.6. The van der Waals surface area contributed by atoms with Crippen molar-refractivity contribution in [3.8, 4) is 22.3 Å². The highest BCUT2D eigenvalue weighted by Crippen LogP contribution is 2.41. The van der Waals surface area contributed by atoms with Crippen molar-refractivity contribution in [3.63, 3.8) is 0 Å². The Morgan fingerprint density at radius 3 is 2.41 bits per heavy atom. The Bertz CT molecular complexity index is 1460. The average Bonchev–Trinajstić information content (AvgIpc) is 3.44. The molecule has 3 aromatic carbocycles. The molecular weight excluding hydrogens is 466 g/mol. The number of anilines is 1. The Labute approximate surface area is 215 Å². The van der Waals surface area contributed by atoms with E-state index >= 15 is 0 Å². The van der Waals surface area contributed by atoms with Crippen LogP contribution in [0.1, 0.15) is 43.1 Å². The molecule has 2 unspecified atom stereocenters. The van der Waals surface area contributed by atoms with Crippen molar-refractivity contribution in [2.45, 2.75) is 38.2 Å². The van der Waals surface area contributed by atoms with Crippen LogP contribution in [-0.2, 0) is 28.4 Å². The molecule has 188 valence electrons. The highest BCUT2D eigenvalue weighted by molar-refractivity contribution is 5.90. The lowest BCUT2D eigenvalue weighted by molar-refractivity contribution is -0.143. The van der Waals surface area contributed by atoms with Crippen LogP contribution in [0.5, 0.6) is 0 Å². The van der Waals surface area contributed by atoms with Gasteiger partial charge >= 0.3 is 12.1 Å². The minimum atomic E-state index is -0.818. The smallest absolute Gasteiger partial charge is 0.413 e. The summed E-state index contributed by atoms with van der Waals surface area (Å²) in [6.07, 6.45) is 2.15. The number of carboxylic acid groups (broad SMARTS) is 1. The van der Waals surface area contributed by atoms with Gasteiger partial charge in [-0.1, -0.05) is 72.8 Å². The quantitative estimate of drug-likeness (QED) is 0.325. The molecule has 5 rings (SSSR count). The fraction of sp³-hybridized carbons (Fsp3) is 0.233. The molecule has 7 nitrogen and oxygen atoms in total. The zero-order chi connectivity index (χ0) is 26.2. The number of benzene rings is 3. The maximum absolute atomic E-state index is 12.6. The van der Waals surface area contributed by atoms with Crippen molar-refractivity contribution in [1.29, 1.82) is 0 Å². The topological polar surface area (TPSA) is 93.4 Å². The molecule has 0 aliphatic heterocycles. The second-order valence-corrected chi connectivity index (χ2v) is 9.70. The number of aromatic nitrogens is 2. The first-order chi connectivity index (χ1) is 17.8. The number of carboxylic acids is 1. The summed E-state index contributed by atoms with van der Waals surface area (Å²) in [7, 11) is 1.77. The van der Waals surface area contributed by atoms with Crippen LogP contribution in [0.15, 0.2) is 79.0 Å². The second kappa shape index (κ2) is 9.58. The van der Waals surface area contributed by atoms with E-state index in [1.54, 1.807) is 24.9 Å². The molecule has 0 bridgehead atoms. The molecule has 1 aliphatic carbocycles. The summed E-state index contributed by atoms with van der Waals surface area (Å²) in [6, 6.07) is 23.6. The number of aryl methyl sites for hydroxylation is 2. The van der Waals surface area contributed by atoms with E-state index in [2.05, 4.69) is 16.5 Å². The molecule has 37 heavy (non-hydrogen) atoms. The largest absolute Gasteiger partial charge is 0.481 e.